The number of fused-ring (bicyclic) bond motifs is 7. The van der Waals surface area contributed by atoms with Crippen LogP contribution in [0.25, 0.3) is 0 Å². The van der Waals surface area contributed by atoms with Crippen molar-refractivity contribution in [2.75, 3.05) is 0 Å². The number of esters is 1. The minimum absolute atomic E-state index is 0.0289. The number of carbonyl (C=O) groups is 2. The molecule has 9 atom stereocenters. The molecule has 0 aromatic heterocycles. The van der Waals surface area contributed by atoms with Gasteiger partial charge in [0.1, 0.15) is 6.61 Å². The van der Waals surface area contributed by atoms with Crippen LogP contribution in [0, 0.1) is 56.7 Å². The van der Waals surface area contributed by atoms with E-state index in [1.54, 1.807) is 0 Å². The first-order valence-corrected chi connectivity index (χ1v) is 17.2. The maximum absolute atomic E-state index is 14.2. The largest absolute Gasteiger partial charge is 0.478 e. The lowest BCUT2D eigenvalue weighted by molar-refractivity contribution is -0.230. The average molecular weight is 599 g/mol. The molecule has 0 bridgehead atoms. The first kappa shape index (κ1) is 31.4. The molecule has 0 heterocycles. The van der Waals surface area contributed by atoms with E-state index in [1.165, 1.54) is 30.1 Å². The van der Waals surface area contributed by atoms with E-state index in [2.05, 4.69) is 54.2 Å². The van der Waals surface area contributed by atoms with Gasteiger partial charge in [-0.05, 0) is 127 Å². The number of hydrogen-bond acceptors (Lipinski definition) is 3. The molecule has 4 saturated carbocycles. The molecule has 0 saturated heterocycles. The summed E-state index contributed by atoms with van der Waals surface area (Å²) in [7, 11) is 0. The van der Waals surface area contributed by atoms with Crippen LogP contribution in [-0.4, -0.2) is 17.0 Å². The van der Waals surface area contributed by atoms with Crippen molar-refractivity contribution in [1.29, 1.82) is 0 Å². The average Bonchev–Trinajstić information content (AvgIpc) is 3.37. The molecule has 1 aromatic carbocycles. The van der Waals surface area contributed by atoms with E-state index in [0.717, 1.165) is 50.5 Å². The van der Waals surface area contributed by atoms with E-state index in [0.29, 0.717) is 36.2 Å². The summed E-state index contributed by atoms with van der Waals surface area (Å²) in [5, 5.41) is 9.33. The first-order chi connectivity index (χ1) is 20.7. The highest BCUT2D eigenvalue weighted by molar-refractivity contribution is 5.80. The summed E-state index contributed by atoms with van der Waals surface area (Å²) in [6, 6.07) is 10.1. The standard InChI is InChI=1S/C40H54O4/c1-26(2)29-18-22-40(35(43)44-25-27-11-9-8-10-12-27)24-23-38(6)30(34(29)40)14-15-32-37(5)20-17-28(13-16-33(41)42)36(3,4)31(37)19-21-39(32,38)7/h8-13,16-17,29-32,34H,1,14-15,18-25H2,2-7H3,(H,41,42)/t29-,30+,31-,32?,34+,37-,38+,39+,40-/m0/s1. The van der Waals surface area contributed by atoms with Crippen molar-refractivity contribution >= 4 is 11.9 Å². The van der Waals surface area contributed by atoms with Gasteiger partial charge in [0.2, 0.25) is 0 Å². The van der Waals surface area contributed by atoms with E-state index in [9.17, 15) is 14.7 Å². The molecule has 0 radical (unpaired) electrons. The van der Waals surface area contributed by atoms with Crippen LogP contribution in [0.5, 0.6) is 0 Å². The summed E-state index contributed by atoms with van der Waals surface area (Å²) in [6.07, 6.45) is 15.2. The summed E-state index contributed by atoms with van der Waals surface area (Å²) in [5.74, 6) is 1.40. The van der Waals surface area contributed by atoms with Crippen LogP contribution in [0.3, 0.4) is 0 Å². The van der Waals surface area contributed by atoms with Crippen LogP contribution >= 0.6 is 0 Å². The summed E-state index contributed by atoms with van der Waals surface area (Å²) >= 11 is 0. The van der Waals surface area contributed by atoms with Crippen molar-refractivity contribution in [2.45, 2.75) is 106 Å². The highest BCUT2D eigenvalue weighted by atomic mass is 16.5. The topological polar surface area (TPSA) is 63.6 Å². The molecule has 4 fully saturated rings. The van der Waals surface area contributed by atoms with E-state index < -0.39 is 11.4 Å². The maximum atomic E-state index is 14.2. The summed E-state index contributed by atoms with van der Waals surface area (Å²) in [5.41, 5.74) is 3.48. The monoisotopic (exact) mass is 598 g/mol. The number of allylic oxidation sites excluding steroid dienone is 4. The minimum atomic E-state index is -0.880. The molecule has 0 spiro atoms. The molecule has 0 aliphatic heterocycles. The molecule has 4 nitrogen and oxygen atoms in total. The number of carbonyl (C=O) groups excluding carboxylic acids is 1. The Labute approximate surface area is 265 Å². The summed E-state index contributed by atoms with van der Waals surface area (Å²) < 4.78 is 6.18. The molecule has 0 amide bonds. The Balaban J connectivity index is 1.33. The quantitative estimate of drug-likeness (QED) is 0.201. The van der Waals surface area contributed by atoms with Crippen molar-refractivity contribution in [1.82, 2.24) is 0 Å². The number of ether oxygens (including phenoxy) is 1. The van der Waals surface area contributed by atoms with E-state index in [1.807, 2.05) is 36.4 Å². The Morgan fingerprint density at radius 2 is 1.66 bits per heavy atom. The fourth-order valence-corrected chi connectivity index (χ4v) is 12.4. The number of hydrogen-bond donors (Lipinski definition) is 1. The normalized spacial score (nSPS) is 42.3. The molecule has 6 rings (SSSR count). The fraction of sp³-hybridized carbons (Fsp3) is 0.650. The Kier molecular flexibility index (Phi) is 7.65. The number of rotatable bonds is 6. The van der Waals surface area contributed by atoms with Gasteiger partial charge in [-0.2, -0.15) is 0 Å². The minimum Gasteiger partial charge on any atom is -0.478 e. The van der Waals surface area contributed by atoms with Crippen LogP contribution in [-0.2, 0) is 20.9 Å². The number of carboxylic acids is 1. The third kappa shape index (κ3) is 4.43. The van der Waals surface area contributed by atoms with Gasteiger partial charge in [0.15, 0.2) is 0 Å². The lowest BCUT2D eigenvalue weighted by Gasteiger charge is -2.72. The van der Waals surface area contributed by atoms with Crippen molar-refractivity contribution in [3.63, 3.8) is 0 Å². The zero-order valence-corrected chi connectivity index (χ0v) is 28.0. The number of benzene rings is 1. The highest BCUT2D eigenvalue weighted by Gasteiger charge is 2.71. The van der Waals surface area contributed by atoms with Gasteiger partial charge in [-0.25, -0.2) is 4.79 Å². The summed E-state index contributed by atoms with van der Waals surface area (Å²) in [4.78, 5) is 25.6. The molecular formula is C40H54O4. The first-order valence-electron chi connectivity index (χ1n) is 17.2. The summed E-state index contributed by atoms with van der Waals surface area (Å²) in [6.45, 7) is 19.5. The van der Waals surface area contributed by atoms with E-state index >= 15 is 0 Å². The van der Waals surface area contributed by atoms with Crippen molar-refractivity contribution < 1.29 is 19.4 Å². The van der Waals surface area contributed by atoms with Crippen molar-refractivity contribution in [3.8, 4) is 0 Å². The van der Waals surface area contributed by atoms with E-state index in [-0.39, 0.29) is 27.6 Å². The number of aliphatic carboxylic acids is 1. The van der Waals surface area contributed by atoms with Gasteiger partial charge in [-0.1, -0.05) is 89.3 Å². The third-order valence-electron chi connectivity index (χ3n) is 14.7. The smallest absolute Gasteiger partial charge is 0.328 e. The zero-order chi connectivity index (χ0) is 31.7. The van der Waals surface area contributed by atoms with Crippen molar-refractivity contribution in [3.05, 3.63) is 71.8 Å². The second kappa shape index (κ2) is 10.7. The van der Waals surface area contributed by atoms with Gasteiger partial charge in [-0.15, -0.1) is 0 Å². The third-order valence-corrected chi connectivity index (χ3v) is 14.7. The molecule has 5 aliphatic rings. The Hall–Kier alpha value is -2.62. The predicted molar refractivity (Wildman–Crippen MR) is 175 cm³/mol. The second-order valence-electron chi connectivity index (χ2n) is 16.7. The van der Waals surface area contributed by atoms with Crippen LogP contribution < -0.4 is 0 Å². The fourth-order valence-electron chi connectivity index (χ4n) is 12.4. The Bertz CT molecular complexity index is 1390. The lowest BCUT2D eigenvalue weighted by atomic mass is 9.32. The van der Waals surface area contributed by atoms with E-state index in [4.69, 9.17) is 4.74 Å². The molecule has 44 heavy (non-hydrogen) atoms. The molecule has 5 aliphatic carbocycles. The second-order valence-corrected chi connectivity index (χ2v) is 16.7. The highest BCUT2D eigenvalue weighted by Crippen LogP contribution is 2.77. The van der Waals surface area contributed by atoms with Crippen LogP contribution in [0.2, 0.25) is 0 Å². The van der Waals surface area contributed by atoms with Gasteiger partial charge in [-0.3, -0.25) is 4.79 Å². The molecule has 238 valence electrons. The van der Waals surface area contributed by atoms with Gasteiger partial charge >= 0.3 is 11.9 Å². The number of carboxylic acid groups (broad SMARTS) is 1. The van der Waals surface area contributed by atoms with Crippen LogP contribution in [0.4, 0.5) is 0 Å². The molecule has 1 unspecified atom stereocenters. The van der Waals surface area contributed by atoms with Gasteiger partial charge in [0, 0.05) is 6.08 Å². The molecular weight excluding hydrogens is 544 g/mol. The molecule has 4 heteroatoms. The van der Waals surface area contributed by atoms with Gasteiger partial charge < -0.3 is 9.84 Å². The maximum Gasteiger partial charge on any atom is 0.328 e. The SMILES string of the molecule is C=C(C)[C@@H]1CC[C@]2(C(=O)OCc3ccccc3)CC[C@]3(C)[C@H](CCC4[C@@]5(C)CC=C(C=CC(=O)O)C(C)(C)[C@@H]5CC[C@]43C)[C@@H]12. The Morgan fingerprint density at radius 1 is 0.932 bits per heavy atom. The Morgan fingerprint density at radius 3 is 2.34 bits per heavy atom. The van der Waals surface area contributed by atoms with Crippen LogP contribution in [0.15, 0.2) is 66.3 Å². The van der Waals surface area contributed by atoms with Crippen LogP contribution in [0.1, 0.15) is 105 Å². The van der Waals surface area contributed by atoms with Gasteiger partial charge in [0.05, 0.1) is 5.41 Å². The van der Waals surface area contributed by atoms with Crippen molar-refractivity contribution in [2.24, 2.45) is 56.7 Å². The van der Waals surface area contributed by atoms with Gasteiger partial charge in [0.25, 0.3) is 0 Å². The zero-order valence-electron chi connectivity index (χ0n) is 28.0. The molecule has 1 aromatic rings. The molecule has 1 N–H and O–H groups in total. The lowest BCUT2D eigenvalue weighted by Crippen LogP contribution is -2.66. The predicted octanol–water partition coefficient (Wildman–Crippen LogP) is 9.56.